The molecule has 2 aromatic carbocycles. The summed E-state index contributed by atoms with van der Waals surface area (Å²) in [7, 11) is 4.47. The van der Waals surface area contributed by atoms with E-state index in [1.54, 1.807) is 24.3 Å². The van der Waals surface area contributed by atoms with E-state index in [0.29, 0.717) is 28.4 Å². The molecule has 0 heterocycles. The molecule has 0 aromatic heterocycles. The van der Waals surface area contributed by atoms with Crippen molar-refractivity contribution in [2.45, 2.75) is 13.2 Å². The zero-order valence-corrected chi connectivity index (χ0v) is 15.6. The number of halogens is 2. The third-order valence-electron chi connectivity index (χ3n) is 3.69. The van der Waals surface area contributed by atoms with Gasteiger partial charge in [0.15, 0.2) is 11.5 Å². The van der Waals surface area contributed by atoms with Gasteiger partial charge >= 0.3 is 12.6 Å². The number of ether oxygens (including phenoxy) is 5. The first-order valence-electron chi connectivity index (χ1n) is 8.16. The summed E-state index contributed by atoms with van der Waals surface area (Å²) in [5.74, 6) is 0.709. The Hall–Kier alpha value is -3.29. The third-order valence-corrected chi connectivity index (χ3v) is 3.69. The van der Waals surface area contributed by atoms with E-state index in [1.165, 1.54) is 45.6 Å². The fraction of sp³-hybridized carbons (Fsp3) is 0.250. The molecule has 0 spiro atoms. The normalized spacial score (nSPS) is 10.8. The number of carbonyl (C=O) groups excluding carboxylic acids is 1. The van der Waals surface area contributed by atoms with Crippen molar-refractivity contribution in [2.75, 3.05) is 21.3 Å². The monoisotopic (exact) mass is 394 g/mol. The van der Waals surface area contributed by atoms with E-state index in [4.69, 9.17) is 18.9 Å². The Morgan fingerprint density at radius 1 is 0.964 bits per heavy atom. The smallest absolute Gasteiger partial charge is 0.387 e. The molecule has 0 radical (unpaired) electrons. The molecule has 0 N–H and O–H groups in total. The number of rotatable bonds is 9. The minimum Gasteiger partial charge on any atom is -0.496 e. The van der Waals surface area contributed by atoms with E-state index in [1.807, 2.05) is 0 Å². The van der Waals surface area contributed by atoms with Crippen molar-refractivity contribution in [3.8, 4) is 23.0 Å². The van der Waals surface area contributed by atoms with Gasteiger partial charge in [0.25, 0.3) is 0 Å². The van der Waals surface area contributed by atoms with Gasteiger partial charge < -0.3 is 23.7 Å². The van der Waals surface area contributed by atoms with E-state index in [-0.39, 0.29) is 12.4 Å². The largest absolute Gasteiger partial charge is 0.496 e. The lowest BCUT2D eigenvalue weighted by Gasteiger charge is -2.12. The van der Waals surface area contributed by atoms with Gasteiger partial charge in [-0.25, -0.2) is 4.79 Å². The van der Waals surface area contributed by atoms with Crippen LogP contribution < -0.4 is 18.9 Å². The molecule has 0 fully saturated rings. The standard InChI is InChI=1S/C20H20F2O6/c1-24-16-11-18(26-3)17(25-2)10-13(16)8-9-19(23)27-12-14-6-4-5-7-15(14)28-20(21)22/h4-11,20H,12H2,1-3H3/b9-8+. The van der Waals surface area contributed by atoms with Gasteiger partial charge in [-0.05, 0) is 18.2 Å². The van der Waals surface area contributed by atoms with Crippen molar-refractivity contribution < 1.29 is 37.3 Å². The van der Waals surface area contributed by atoms with E-state index in [0.717, 1.165) is 0 Å². The summed E-state index contributed by atoms with van der Waals surface area (Å²) in [6.07, 6.45) is 2.69. The predicted octanol–water partition coefficient (Wildman–Crippen LogP) is 4.07. The highest BCUT2D eigenvalue weighted by Crippen LogP contribution is 2.35. The molecule has 6 nitrogen and oxygen atoms in total. The van der Waals surface area contributed by atoms with Gasteiger partial charge in [0.2, 0.25) is 0 Å². The first kappa shape index (κ1) is 21.0. The lowest BCUT2D eigenvalue weighted by Crippen LogP contribution is -2.07. The maximum absolute atomic E-state index is 12.4. The number of benzene rings is 2. The molecule has 150 valence electrons. The van der Waals surface area contributed by atoms with Crippen LogP contribution in [-0.2, 0) is 16.1 Å². The molecule has 8 heteroatoms. The van der Waals surface area contributed by atoms with E-state index < -0.39 is 12.6 Å². The average molecular weight is 394 g/mol. The highest BCUT2D eigenvalue weighted by atomic mass is 19.3. The summed E-state index contributed by atoms with van der Waals surface area (Å²) in [4.78, 5) is 12.0. The van der Waals surface area contributed by atoms with Crippen LogP contribution in [0.5, 0.6) is 23.0 Å². The summed E-state index contributed by atoms with van der Waals surface area (Å²) in [5, 5.41) is 0. The Morgan fingerprint density at radius 2 is 1.61 bits per heavy atom. The Balaban J connectivity index is 2.09. The molecule has 0 aliphatic rings. The van der Waals surface area contributed by atoms with Gasteiger partial charge in [0.05, 0.1) is 21.3 Å². The molecule has 2 rings (SSSR count). The summed E-state index contributed by atoms with van der Waals surface area (Å²) >= 11 is 0. The van der Waals surface area contributed by atoms with Crippen LogP contribution in [0.3, 0.4) is 0 Å². The summed E-state index contributed by atoms with van der Waals surface area (Å²) in [6, 6.07) is 9.36. The number of methoxy groups -OCH3 is 3. The number of hydrogen-bond donors (Lipinski definition) is 0. The van der Waals surface area contributed by atoms with Crippen LogP contribution in [0.25, 0.3) is 6.08 Å². The first-order chi connectivity index (χ1) is 13.5. The van der Waals surface area contributed by atoms with Gasteiger partial charge in [-0.1, -0.05) is 18.2 Å². The van der Waals surface area contributed by atoms with Crippen molar-refractivity contribution in [2.24, 2.45) is 0 Å². The number of carbonyl (C=O) groups is 1. The van der Waals surface area contributed by atoms with E-state index >= 15 is 0 Å². The number of para-hydroxylation sites is 1. The summed E-state index contributed by atoms with van der Waals surface area (Å²) in [6.45, 7) is -3.18. The summed E-state index contributed by atoms with van der Waals surface area (Å²) in [5.41, 5.74) is 0.895. The van der Waals surface area contributed by atoms with Gasteiger partial charge in [-0.2, -0.15) is 8.78 Å². The number of hydrogen-bond acceptors (Lipinski definition) is 6. The molecule has 0 unspecified atom stereocenters. The van der Waals surface area contributed by atoms with Crippen LogP contribution in [0.15, 0.2) is 42.5 Å². The quantitative estimate of drug-likeness (QED) is 0.472. The second kappa shape index (κ2) is 10.1. The van der Waals surface area contributed by atoms with Crippen molar-refractivity contribution in [3.63, 3.8) is 0 Å². The highest BCUT2D eigenvalue weighted by Gasteiger charge is 2.12. The fourth-order valence-corrected chi connectivity index (χ4v) is 2.37. The maximum Gasteiger partial charge on any atom is 0.387 e. The van der Waals surface area contributed by atoms with Crippen LogP contribution in [0, 0.1) is 0 Å². The Kier molecular flexibility index (Phi) is 7.62. The fourth-order valence-electron chi connectivity index (χ4n) is 2.37. The second-order valence-corrected chi connectivity index (χ2v) is 5.38. The molecular formula is C20H20F2O6. The first-order valence-corrected chi connectivity index (χ1v) is 8.16. The van der Waals surface area contributed by atoms with Gasteiger partial charge in [0, 0.05) is 23.3 Å². The van der Waals surface area contributed by atoms with Crippen molar-refractivity contribution in [1.82, 2.24) is 0 Å². The molecule has 0 aliphatic heterocycles. The highest BCUT2D eigenvalue weighted by molar-refractivity contribution is 5.88. The molecule has 0 bridgehead atoms. The molecule has 0 aliphatic carbocycles. The van der Waals surface area contributed by atoms with Crippen molar-refractivity contribution in [1.29, 1.82) is 0 Å². The molecule has 0 atom stereocenters. The lowest BCUT2D eigenvalue weighted by atomic mass is 10.1. The van der Waals surface area contributed by atoms with Crippen LogP contribution >= 0.6 is 0 Å². The predicted molar refractivity (Wildman–Crippen MR) is 98.0 cm³/mol. The summed E-state index contributed by atoms with van der Waals surface area (Å²) < 4.78 is 50.0. The molecule has 28 heavy (non-hydrogen) atoms. The second-order valence-electron chi connectivity index (χ2n) is 5.38. The Labute approximate surface area is 161 Å². The Bertz CT molecular complexity index is 835. The lowest BCUT2D eigenvalue weighted by molar-refractivity contribution is -0.139. The molecular weight excluding hydrogens is 374 g/mol. The van der Waals surface area contributed by atoms with Gasteiger partial charge in [-0.15, -0.1) is 0 Å². The average Bonchev–Trinajstić information content (AvgIpc) is 2.70. The third kappa shape index (κ3) is 5.60. The van der Waals surface area contributed by atoms with Crippen molar-refractivity contribution in [3.05, 3.63) is 53.6 Å². The van der Waals surface area contributed by atoms with Crippen molar-refractivity contribution >= 4 is 12.0 Å². The van der Waals surface area contributed by atoms with Crippen LogP contribution in [0.2, 0.25) is 0 Å². The van der Waals surface area contributed by atoms with Gasteiger partial charge in [0.1, 0.15) is 18.1 Å². The molecule has 0 amide bonds. The van der Waals surface area contributed by atoms with Crippen LogP contribution in [-0.4, -0.2) is 33.9 Å². The topological polar surface area (TPSA) is 63.2 Å². The minimum atomic E-state index is -2.96. The SMILES string of the molecule is COc1cc(OC)c(OC)cc1/C=C/C(=O)OCc1ccccc1OC(F)F. The van der Waals surface area contributed by atoms with Crippen LogP contribution in [0.4, 0.5) is 8.78 Å². The van der Waals surface area contributed by atoms with E-state index in [2.05, 4.69) is 4.74 Å². The zero-order chi connectivity index (χ0) is 20.5. The zero-order valence-electron chi connectivity index (χ0n) is 15.6. The Morgan fingerprint density at radius 3 is 2.25 bits per heavy atom. The molecule has 0 saturated heterocycles. The van der Waals surface area contributed by atoms with Crippen LogP contribution in [0.1, 0.15) is 11.1 Å². The minimum absolute atomic E-state index is 0.0455. The molecule has 0 saturated carbocycles. The van der Waals surface area contributed by atoms with Gasteiger partial charge in [-0.3, -0.25) is 0 Å². The number of esters is 1. The van der Waals surface area contributed by atoms with E-state index in [9.17, 15) is 13.6 Å². The maximum atomic E-state index is 12.4. The number of alkyl halides is 2. The molecule has 2 aromatic rings.